The third-order valence-corrected chi connectivity index (χ3v) is 4.40. The van der Waals surface area contributed by atoms with Gasteiger partial charge < -0.3 is 11.2 Å². The number of rotatable bonds is 7. The summed E-state index contributed by atoms with van der Waals surface area (Å²) >= 11 is 0.979. The van der Waals surface area contributed by atoms with Crippen LogP contribution in [0.2, 0.25) is 0 Å². The predicted molar refractivity (Wildman–Crippen MR) is 94.7 cm³/mol. The molecule has 1 aromatic heterocycles. The van der Waals surface area contributed by atoms with E-state index in [0.717, 1.165) is 22.0 Å². The van der Waals surface area contributed by atoms with Crippen LogP contribution >= 0.6 is 11.8 Å². The zero-order chi connectivity index (χ0) is 18.4. The van der Waals surface area contributed by atoms with Gasteiger partial charge in [0.1, 0.15) is 5.69 Å². The molecule has 0 spiro atoms. The van der Waals surface area contributed by atoms with E-state index >= 15 is 0 Å². The van der Waals surface area contributed by atoms with Crippen molar-refractivity contribution in [2.45, 2.75) is 31.5 Å². The minimum atomic E-state index is -0.611. The second kappa shape index (κ2) is 8.43. The molecular weight excluding hydrogens is 342 g/mol. The molecule has 1 aromatic carbocycles. The van der Waals surface area contributed by atoms with Crippen molar-refractivity contribution in [3.05, 3.63) is 51.9 Å². The minimum Gasteiger partial charge on any atom is -0.345 e. The van der Waals surface area contributed by atoms with Crippen LogP contribution in [0, 0.1) is 6.92 Å². The second-order valence-electron chi connectivity index (χ2n) is 5.45. The number of carbonyl (C=O) groups is 2. The summed E-state index contributed by atoms with van der Waals surface area (Å²) in [7, 11) is 0. The fraction of sp³-hybridized carbons (Fsp3) is 0.312. The van der Waals surface area contributed by atoms with Gasteiger partial charge in [0.05, 0.1) is 11.8 Å². The summed E-state index contributed by atoms with van der Waals surface area (Å²) in [4.78, 5) is 35.6. The molecule has 0 saturated heterocycles. The number of benzene rings is 1. The Morgan fingerprint density at radius 1 is 1.28 bits per heavy atom. The van der Waals surface area contributed by atoms with Gasteiger partial charge in [-0.2, -0.15) is 4.68 Å². The van der Waals surface area contributed by atoms with E-state index in [0.29, 0.717) is 6.42 Å². The largest absolute Gasteiger partial charge is 0.345 e. The van der Waals surface area contributed by atoms with E-state index in [1.165, 1.54) is 13.8 Å². The van der Waals surface area contributed by atoms with Crippen molar-refractivity contribution >= 4 is 23.5 Å². The van der Waals surface area contributed by atoms with Crippen molar-refractivity contribution in [3.63, 3.8) is 0 Å². The summed E-state index contributed by atoms with van der Waals surface area (Å²) in [5.41, 5.74) is 0.662. The van der Waals surface area contributed by atoms with Crippen molar-refractivity contribution in [2.75, 3.05) is 11.6 Å². The first-order chi connectivity index (χ1) is 11.9. The van der Waals surface area contributed by atoms with Crippen LogP contribution in [0.5, 0.6) is 0 Å². The molecule has 0 radical (unpaired) electrons. The average molecular weight is 361 g/mol. The molecule has 3 N–H and O–H groups in total. The van der Waals surface area contributed by atoms with Gasteiger partial charge in [0.15, 0.2) is 5.78 Å². The number of hydrogen-bond donors (Lipinski definition) is 2. The van der Waals surface area contributed by atoms with Gasteiger partial charge in [-0.25, -0.2) is 0 Å². The Hall–Kier alpha value is -2.68. The highest BCUT2D eigenvalue weighted by molar-refractivity contribution is 7.99. The van der Waals surface area contributed by atoms with Crippen molar-refractivity contribution in [1.82, 2.24) is 20.2 Å². The number of hydrogen-bond acceptors (Lipinski definition) is 7. The molecule has 8 nitrogen and oxygen atoms in total. The number of thioether (sulfide) groups is 1. The number of nitrogens with zero attached hydrogens (tertiary/aromatic N) is 3. The third kappa shape index (κ3) is 5.15. The molecule has 0 aliphatic rings. The number of nitrogens with two attached hydrogens (primary N) is 1. The molecule has 25 heavy (non-hydrogen) atoms. The van der Waals surface area contributed by atoms with Crippen molar-refractivity contribution in [1.29, 1.82) is 0 Å². The van der Waals surface area contributed by atoms with Gasteiger partial charge >= 0.3 is 0 Å². The van der Waals surface area contributed by atoms with E-state index in [2.05, 4.69) is 15.5 Å². The monoisotopic (exact) mass is 361 g/mol. The topological polar surface area (TPSA) is 120 Å². The van der Waals surface area contributed by atoms with Crippen LogP contribution < -0.4 is 16.7 Å². The quantitative estimate of drug-likeness (QED) is 0.529. The van der Waals surface area contributed by atoms with Crippen molar-refractivity contribution in [3.8, 4) is 0 Å². The summed E-state index contributed by atoms with van der Waals surface area (Å²) in [6.07, 6.45) is 0.415. The van der Waals surface area contributed by atoms with Crippen LogP contribution in [0.15, 0.2) is 40.3 Å². The molecule has 0 bridgehead atoms. The molecule has 0 aliphatic heterocycles. The molecule has 2 aromatic rings. The predicted octanol–water partition coefficient (Wildman–Crippen LogP) is 0.0691. The van der Waals surface area contributed by atoms with Crippen LogP contribution in [0.1, 0.15) is 18.2 Å². The lowest BCUT2D eigenvalue weighted by Crippen LogP contribution is -2.42. The number of nitrogens with one attached hydrogen (secondary N) is 1. The standard InChI is InChI=1S/C16H19N5O3S/c1-10-15(24)21(17)16(20-19-10)25-9-14(23)18-13(11(2)22)8-12-6-4-3-5-7-12/h3-7,13H,8-9,17H2,1-2H3,(H,18,23)/t13-/m0/s1. The van der Waals surface area contributed by atoms with Gasteiger partial charge in [0, 0.05) is 0 Å². The van der Waals surface area contributed by atoms with E-state index in [9.17, 15) is 14.4 Å². The Labute approximate surface area is 148 Å². The zero-order valence-electron chi connectivity index (χ0n) is 13.9. The molecule has 1 heterocycles. The molecule has 2 rings (SSSR count). The lowest BCUT2D eigenvalue weighted by Gasteiger charge is -2.16. The Bertz CT molecular complexity index is 822. The summed E-state index contributed by atoms with van der Waals surface area (Å²) < 4.78 is 0.854. The smallest absolute Gasteiger partial charge is 0.294 e. The highest BCUT2D eigenvalue weighted by atomic mass is 32.2. The number of aryl methyl sites for hydroxylation is 1. The highest BCUT2D eigenvalue weighted by Gasteiger charge is 2.18. The number of nitrogen functional groups attached to an aromatic ring is 1. The Kier molecular flexibility index (Phi) is 6.29. The summed E-state index contributed by atoms with van der Waals surface area (Å²) in [6.45, 7) is 2.94. The highest BCUT2D eigenvalue weighted by Crippen LogP contribution is 2.11. The number of ketones is 1. The van der Waals surface area contributed by atoms with Crippen LogP contribution in [0.25, 0.3) is 0 Å². The lowest BCUT2D eigenvalue weighted by molar-refractivity contribution is -0.125. The molecule has 0 aliphatic carbocycles. The maximum absolute atomic E-state index is 12.1. The number of carbonyl (C=O) groups excluding carboxylic acids is 2. The molecule has 0 saturated carbocycles. The van der Waals surface area contributed by atoms with E-state index in [-0.39, 0.29) is 28.3 Å². The Morgan fingerprint density at radius 3 is 2.60 bits per heavy atom. The third-order valence-electron chi connectivity index (χ3n) is 3.46. The molecule has 132 valence electrons. The average Bonchev–Trinajstić information content (AvgIpc) is 2.59. The van der Waals surface area contributed by atoms with Crippen LogP contribution in [0.3, 0.4) is 0 Å². The normalized spacial score (nSPS) is 11.8. The molecule has 0 unspecified atom stereocenters. The van der Waals surface area contributed by atoms with Gasteiger partial charge in [-0.15, -0.1) is 10.2 Å². The van der Waals surface area contributed by atoms with E-state index in [1.807, 2.05) is 30.3 Å². The fourth-order valence-corrected chi connectivity index (χ4v) is 2.74. The van der Waals surface area contributed by atoms with Gasteiger partial charge in [-0.1, -0.05) is 42.1 Å². The first-order valence-corrected chi connectivity index (χ1v) is 8.55. The first-order valence-electron chi connectivity index (χ1n) is 7.56. The number of amides is 1. The number of aromatic nitrogens is 3. The molecule has 0 fully saturated rings. The maximum Gasteiger partial charge on any atom is 0.294 e. The van der Waals surface area contributed by atoms with Crippen LogP contribution in [0.4, 0.5) is 0 Å². The minimum absolute atomic E-state index is 0.0348. The second-order valence-corrected chi connectivity index (χ2v) is 6.39. The number of Topliss-reactive ketones (excluding diaryl/α,β-unsaturated/α-hetero) is 1. The van der Waals surface area contributed by atoms with Gasteiger partial charge in [-0.05, 0) is 25.8 Å². The Balaban J connectivity index is 1.97. The van der Waals surface area contributed by atoms with Gasteiger partial charge in [-0.3, -0.25) is 14.4 Å². The van der Waals surface area contributed by atoms with Crippen molar-refractivity contribution < 1.29 is 9.59 Å². The first kappa shape index (κ1) is 18.7. The summed E-state index contributed by atoms with van der Waals surface area (Å²) in [5, 5.41) is 10.3. The van der Waals surface area contributed by atoms with E-state index in [1.54, 1.807) is 0 Å². The van der Waals surface area contributed by atoms with E-state index in [4.69, 9.17) is 5.84 Å². The van der Waals surface area contributed by atoms with Crippen molar-refractivity contribution in [2.24, 2.45) is 0 Å². The summed E-state index contributed by atoms with van der Waals surface area (Å²) in [5.74, 6) is 5.10. The molecule has 9 heteroatoms. The van der Waals surface area contributed by atoms with Crippen LogP contribution in [-0.2, 0) is 16.0 Å². The molecular formula is C16H19N5O3S. The fourth-order valence-electron chi connectivity index (χ4n) is 2.08. The van der Waals surface area contributed by atoms with Gasteiger partial charge in [0.25, 0.3) is 5.56 Å². The van der Waals surface area contributed by atoms with Crippen LogP contribution in [-0.4, -0.2) is 38.4 Å². The molecule has 1 atom stereocenters. The van der Waals surface area contributed by atoms with Gasteiger partial charge in [0.2, 0.25) is 11.1 Å². The lowest BCUT2D eigenvalue weighted by atomic mass is 10.0. The van der Waals surface area contributed by atoms with E-state index < -0.39 is 11.6 Å². The Morgan fingerprint density at radius 2 is 1.96 bits per heavy atom. The summed E-state index contributed by atoms with van der Waals surface area (Å²) in [6, 6.07) is 8.81. The maximum atomic E-state index is 12.1. The molecule has 1 amide bonds. The SMILES string of the molecule is CC(=O)[C@H](Cc1ccccc1)NC(=O)CSc1nnc(C)c(=O)n1N. The zero-order valence-corrected chi connectivity index (χ0v) is 14.7.